The van der Waals surface area contributed by atoms with E-state index in [0.29, 0.717) is 12.7 Å². The molecule has 3 fully saturated rings. The molecule has 0 aliphatic carbocycles. The van der Waals surface area contributed by atoms with Crippen molar-refractivity contribution in [1.29, 1.82) is 0 Å². The number of likely N-dealkylation sites (tertiary alicyclic amines) is 2. The van der Waals surface area contributed by atoms with Gasteiger partial charge in [-0.05, 0) is 90.5 Å². The number of rotatable bonds is 25. The zero-order chi connectivity index (χ0) is 37.5. The molecule has 0 amide bonds. The Morgan fingerprint density at radius 1 is 0.640 bits per heavy atom. The smallest absolute Gasteiger partial charge is 0.104 e. The summed E-state index contributed by atoms with van der Waals surface area (Å²) in [6.45, 7) is 37.3. The average molecular weight is 777 g/mol. The minimum absolute atomic E-state index is 0.268. The molecule has 0 spiro atoms. The van der Waals surface area contributed by atoms with Crippen molar-refractivity contribution in [2.45, 2.75) is 172 Å². The summed E-state index contributed by atoms with van der Waals surface area (Å²) in [5.74, 6) is 0. The molecular weight excluding hydrogens is 687 g/mol. The summed E-state index contributed by atoms with van der Waals surface area (Å²) in [7, 11) is -3.73. The molecule has 3 rings (SSSR count). The quantitative estimate of drug-likeness (QED) is 0.0545. The van der Waals surface area contributed by atoms with Crippen LogP contribution >= 0.6 is 0 Å². The standard InChI is InChI=1S/C20H45NO2Si2.C13H30O2Si2.C6H14N2/c1-24(2,3)17-18-25(4,5)16-10-15-23-19-20(22)11-6-7-12-21-13-8-9-14-21;1-16(2,3)9-10-17(4,5)8-6-7-14-11-13-12-15-13;7-3-6-8-4-1-2-5-8/h20,22H,6-19H2,1-5H3;13H,6-12H2,1-5H3;1-7H2. The number of aliphatic hydroxyl groups excluding tert-OH is 1. The van der Waals surface area contributed by atoms with Crippen LogP contribution in [0.25, 0.3) is 0 Å². The van der Waals surface area contributed by atoms with Crippen LogP contribution in [0.1, 0.15) is 57.8 Å². The summed E-state index contributed by atoms with van der Waals surface area (Å²) in [6.07, 6.45) is 11.3. The predicted molar refractivity (Wildman–Crippen MR) is 231 cm³/mol. The van der Waals surface area contributed by atoms with Gasteiger partial charge in [0.25, 0.3) is 0 Å². The molecule has 11 heteroatoms. The van der Waals surface area contributed by atoms with Crippen molar-refractivity contribution in [3.63, 3.8) is 0 Å². The fraction of sp³-hybridized carbons (Fsp3) is 1.00. The second-order valence-electron chi connectivity index (χ2n) is 19.8. The molecule has 3 aliphatic heterocycles. The molecule has 3 heterocycles. The summed E-state index contributed by atoms with van der Waals surface area (Å²) in [6, 6.07) is 8.75. The Balaban J connectivity index is 0.000000426. The highest BCUT2D eigenvalue weighted by molar-refractivity contribution is 6.82. The molecule has 300 valence electrons. The second-order valence-corrected chi connectivity index (χ2v) is 41.7. The highest BCUT2D eigenvalue weighted by Crippen LogP contribution is 2.25. The van der Waals surface area contributed by atoms with Crippen molar-refractivity contribution in [2.75, 3.05) is 78.8 Å². The third-order valence-electron chi connectivity index (χ3n) is 10.5. The van der Waals surface area contributed by atoms with Crippen molar-refractivity contribution in [3.8, 4) is 0 Å². The number of ether oxygens (including phenoxy) is 3. The van der Waals surface area contributed by atoms with E-state index in [9.17, 15) is 5.11 Å². The monoisotopic (exact) mass is 776 g/mol. The molecule has 0 bridgehead atoms. The van der Waals surface area contributed by atoms with Gasteiger partial charge in [0, 0.05) is 58.6 Å². The first-order chi connectivity index (χ1) is 23.4. The maximum Gasteiger partial charge on any atom is 0.104 e. The van der Waals surface area contributed by atoms with E-state index in [1.807, 2.05) is 0 Å². The molecule has 0 saturated carbocycles. The summed E-state index contributed by atoms with van der Waals surface area (Å²) >= 11 is 0. The summed E-state index contributed by atoms with van der Waals surface area (Å²) in [5, 5.41) is 10.0. The molecule has 2 unspecified atom stereocenters. The Morgan fingerprint density at radius 3 is 1.54 bits per heavy atom. The van der Waals surface area contributed by atoms with Crippen molar-refractivity contribution >= 4 is 32.3 Å². The fourth-order valence-corrected chi connectivity index (χ4v) is 20.7. The summed E-state index contributed by atoms with van der Waals surface area (Å²) in [5.41, 5.74) is 5.37. The minimum atomic E-state index is -1.04. The zero-order valence-electron chi connectivity index (χ0n) is 35.4. The lowest BCUT2D eigenvalue weighted by Crippen LogP contribution is -2.30. The second kappa shape index (κ2) is 26.4. The number of hydrogen-bond donors (Lipinski definition) is 2. The van der Waals surface area contributed by atoms with Gasteiger partial charge in [-0.1, -0.05) is 102 Å². The van der Waals surface area contributed by atoms with Crippen LogP contribution in [0.2, 0.25) is 102 Å². The van der Waals surface area contributed by atoms with Crippen LogP contribution in [0.3, 0.4) is 0 Å². The van der Waals surface area contributed by atoms with E-state index in [0.717, 1.165) is 52.4 Å². The zero-order valence-corrected chi connectivity index (χ0v) is 39.4. The van der Waals surface area contributed by atoms with Gasteiger partial charge in [-0.25, -0.2) is 0 Å². The Labute approximate surface area is 316 Å². The topological polar surface area (TPSA) is 83.7 Å². The first-order valence-electron chi connectivity index (χ1n) is 21.0. The van der Waals surface area contributed by atoms with Crippen molar-refractivity contribution in [3.05, 3.63) is 0 Å². The molecule has 0 aromatic rings. The van der Waals surface area contributed by atoms with Crippen LogP contribution in [0, 0.1) is 0 Å². The maximum atomic E-state index is 10.0. The van der Waals surface area contributed by atoms with Gasteiger partial charge in [-0.15, -0.1) is 0 Å². The number of nitrogens with two attached hydrogens (primary N) is 1. The van der Waals surface area contributed by atoms with E-state index in [1.54, 1.807) is 0 Å². The van der Waals surface area contributed by atoms with Gasteiger partial charge in [0.1, 0.15) is 6.10 Å². The number of epoxide rings is 1. The van der Waals surface area contributed by atoms with E-state index in [1.165, 1.54) is 114 Å². The number of aliphatic hydroxyl groups is 1. The number of hydrogen-bond acceptors (Lipinski definition) is 7. The van der Waals surface area contributed by atoms with Gasteiger partial charge in [0.05, 0.1) is 25.9 Å². The van der Waals surface area contributed by atoms with Crippen molar-refractivity contribution in [1.82, 2.24) is 9.80 Å². The fourth-order valence-electron chi connectivity index (χ4n) is 6.57. The normalized spacial score (nSPS) is 19.6. The van der Waals surface area contributed by atoms with Gasteiger partial charge >= 0.3 is 0 Å². The first-order valence-corrected chi connectivity index (χ1v) is 35.2. The van der Waals surface area contributed by atoms with Gasteiger partial charge in [-0.2, -0.15) is 0 Å². The molecule has 7 nitrogen and oxygen atoms in total. The molecule has 3 N–H and O–H groups in total. The highest BCUT2D eigenvalue weighted by Gasteiger charge is 2.26. The minimum Gasteiger partial charge on any atom is -0.391 e. The van der Waals surface area contributed by atoms with Gasteiger partial charge < -0.3 is 34.9 Å². The van der Waals surface area contributed by atoms with Gasteiger partial charge in [-0.3, -0.25) is 0 Å². The van der Waals surface area contributed by atoms with Crippen LogP contribution in [0.5, 0.6) is 0 Å². The molecule has 3 saturated heterocycles. The molecule has 50 heavy (non-hydrogen) atoms. The predicted octanol–water partition coefficient (Wildman–Crippen LogP) is 8.95. The van der Waals surface area contributed by atoms with Gasteiger partial charge in [0.15, 0.2) is 0 Å². The lowest BCUT2D eigenvalue weighted by atomic mass is 10.1. The lowest BCUT2D eigenvalue weighted by molar-refractivity contribution is 0.0313. The van der Waals surface area contributed by atoms with Crippen molar-refractivity contribution < 1.29 is 19.3 Å². The molecule has 0 aromatic carbocycles. The Morgan fingerprint density at radius 2 is 1.10 bits per heavy atom. The van der Waals surface area contributed by atoms with Crippen LogP contribution in [-0.2, 0) is 14.2 Å². The third-order valence-corrected chi connectivity index (χ3v) is 21.6. The Bertz CT molecular complexity index is 810. The molecule has 0 radical (unpaired) electrons. The maximum absolute atomic E-state index is 10.0. The summed E-state index contributed by atoms with van der Waals surface area (Å²) < 4.78 is 16.5. The van der Waals surface area contributed by atoms with Crippen LogP contribution in [0.15, 0.2) is 0 Å². The van der Waals surface area contributed by atoms with E-state index >= 15 is 0 Å². The van der Waals surface area contributed by atoms with E-state index < -0.39 is 32.3 Å². The molecule has 2 atom stereocenters. The van der Waals surface area contributed by atoms with Gasteiger partial charge in [0.2, 0.25) is 0 Å². The lowest BCUT2D eigenvalue weighted by Gasteiger charge is -2.26. The molecule has 0 aromatic heterocycles. The van der Waals surface area contributed by atoms with E-state index in [4.69, 9.17) is 19.9 Å². The largest absolute Gasteiger partial charge is 0.391 e. The van der Waals surface area contributed by atoms with E-state index in [-0.39, 0.29) is 6.10 Å². The molecular formula is C39H89N3O4Si4. The Hall–Kier alpha value is 0.588. The van der Waals surface area contributed by atoms with Crippen LogP contribution in [-0.4, -0.2) is 138 Å². The summed E-state index contributed by atoms with van der Waals surface area (Å²) in [4.78, 5) is 4.97. The first kappa shape index (κ1) is 48.6. The molecule has 3 aliphatic rings. The van der Waals surface area contributed by atoms with Crippen LogP contribution in [0.4, 0.5) is 0 Å². The highest BCUT2D eigenvalue weighted by atomic mass is 28.3. The number of nitrogens with zero attached hydrogens (tertiary/aromatic N) is 2. The van der Waals surface area contributed by atoms with Crippen LogP contribution < -0.4 is 5.73 Å². The third kappa shape index (κ3) is 31.0. The van der Waals surface area contributed by atoms with E-state index in [2.05, 4.69) is 75.3 Å². The van der Waals surface area contributed by atoms with Crippen molar-refractivity contribution in [2.24, 2.45) is 5.73 Å². The average Bonchev–Trinajstić information content (AvgIpc) is 3.43. The Kier molecular flexibility index (Phi) is 25.7. The number of unbranched alkanes of at least 4 members (excludes halogenated alkanes) is 1. The SMILES string of the molecule is C[Si](C)(C)CC[Si](C)(C)CCCOCC(O)CCCCN1CCCC1.C[Si](C)(C)CC[Si](C)(C)CCCOCC1CO1.NCCN1CCCC1.